The maximum absolute atomic E-state index is 9.94. The molecule has 4 aromatic heterocycles. The van der Waals surface area contributed by atoms with Crippen LogP contribution in [-0.4, -0.2) is 37.1 Å². The Morgan fingerprint density at radius 3 is 1.78 bits per heavy atom. The van der Waals surface area contributed by atoms with E-state index in [-0.39, 0.29) is 0 Å². The smallest absolute Gasteiger partial charge is 0.423 e. The second kappa shape index (κ2) is 6.08. The number of hydrogen-bond donors (Lipinski definition) is 6. The highest BCUT2D eigenvalue weighted by atomic mass is 16.4. The Morgan fingerprint density at radius 1 is 0.556 bits per heavy atom. The summed E-state index contributed by atoms with van der Waals surface area (Å²) in [4.78, 5) is 13.2. The van der Waals surface area contributed by atoms with Crippen LogP contribution in [0.3, 0.4) is 0 Å². The summed E-state index contributed by atoms with van der Waals surface area (Å²) in [5, 5.41) is 23.3. The Balaban J connectivity index is 1.83. The lowest BCUT2D eigenvalue weighted by Gasteiger charge is -2.02. The minimum Gasteiger partial charge on any atom is -0.423 e. The van der Waals surface area contributed by atoms with E-state index in [0.29, 0.717) is 16.5 Å². The van der Waals surface area contributed by atoms with Crippen LogP contribution in [0, 0.1) is 0 Å². The van der Waals surface area contributed by atoms with Gasteiger partial charge in [0.1, 0.15) is 0 Å². The second-order valence-electron chi connectivity index (χ2n) is 6.61. The first kappa shape index (κ1) is 15.8. The van der Waals surface area contributed by atoms with E-state index in [1.165, 1.54) is 0 Å². The van der Waals surface area contributed by atoms with E-state index in [4.69, 9.17) is 0 Å². The molecule has 0 atom stereocenters. The van der Waals surface area contributed by atoms with Gasteiger partial charge in [-0.2, -0.15) is 0 Å². The van der Waals surface area contributed by atoms with E-state index >= 15 is 0 Å². The first-order valence-corrected chi connectivity index (χ1v) is 8.68. The molecular weight excluding hydrogens is 339 g/mol. The molecule has 6 nitrogen and oxygen atoms in total. The molecule has 132 valence electrons. The quantitative estimate of drug-likeness (QED) is 0.247. The number of rotatable bonds is 1. The molecule has 27 heavy (non-hydrogen) atoms. The maximum atomic E-state index is 9.94. The summed E-state index contributed by atoms with van der Waals surface area (Å²) in [5.41, 5.74) is 3.86. The Bertz CT molecular complexity index is 1370. The zero-order valence-corrected chi connectivity index (χ0v) is 14.3. The van der Waals surface area contributed by atoms with Crippen LogP contribution in [-0.2, 0) is 0 Å². The fourth-order valence-electron chi connectivity index (χ4n) is 3.43. The molecule has 1 aliphatic rings. The van der Waals surface area contributed by atoms with Crippen molar-refractivity contribution in [1.82, 2.24) is 19.9 Å². The molecule has 0 aliphatic carbocycles. The molecule has 0 saturated carbocycles. The van der Waals surface area contributed by atoms with Crippen LogP contribution in [0.4, 0.5) is 0 Å². The minimum absolute atomic E-state index is 0.397. The zero-order chi connectivity index (χ0) is 18.4. The van der Waals surface area contributed by atoms with Gasteiger partial charge in [-0.05, 0) is 66.8 Å². The second-order valence-corrected chi connectivity index (χ2v) is 6.61. The lowest BCUT2D eigenvalue weighted by Crippen LogP contribution is -2.25. The first-order valence-electron chi connectivity index (χ1n) is 8.68. The fraction of sp³-hybridized carbons (Fsp3) is 0. The Kier molecular flexibility index (Phi) is 3.56. The largest absolute Gasteiger partial charge is 0.492 e. The van der Waals surface area contributed by atoms with Gasteiger partial charge < -0.3 is 30.0 Å². The van der Waals surface area contributed by atoms with Crippen LogP contribution in [0.25, 0.3) is 23.7 Å². The maximum Gasteiger partial charge on any atom is 0.492 e. The Morgan fingerprint density at radius 2 is 1.11 bits per heavy atom. The third kappa shape index (κ3) is 2.99. The van der Waals surface area contributed by atoms with Gasteiger partial charge in [0, 0.05) is 49.6 Å². The van der Waals surface area contributed by atoms with Gasteiger partial charge in [0.15, 0.2) is 0 Å². The number of nitrogens with one attached hydrogen (secondary N) is 4. The molecule has 0 aromatic carbocycles. The number of hydrogen-bond acceptors (Lipinski definition) is 2. The van der Waals surface area contributed by atoms with Crippen molar-refractivity contribution in [3.05, 3.63) is 92.7 Å². The summed E-state index contributed by atoms with van der Waals surface area (Å²) in [7, 11) is -1.61. The molecule has 8 bridgehead atoms. The van der Waals surface area contributed by atoms with Crippen molar-refractivity contribution in [1.29, 1.82) is 0 Å². The average molecular weight is 356 g/mol. The van der Waals surface area contributed by atoms with E-state index in [1.807, 2.05) is 60.7 Å². The van der Waals surface area contributed by atoms with Crippen LogP contribution >= 0.6 is 0 Å². The molecule has 0 unspecified atom stereocenters. The van der Waals surface area contributed by atoms with Crippen molar-refractivity contribution in [2.75, 3.05) is 0 Å². The van der Waals surface area contributed by atoms with Crippen molar-refractivity contribution in [3.8, 4) is 0 Å². The highest BCUT2D eigenvalue weighted by molar-refractivity contribution is 6.65. The standard InChI is InChI=1S/C20H17BN4O2/c26-21(27)20-18-7-5-16(24-18)10-14-3-1-12(22-14)9-13-2-4-15(23-13)11-17-6-8-19(20)25-17/h1-11,22-27H. The summed E-state index contributed by atoms with van der Waals surface area (Å²) in [6, 6.07) is 15.5. The fourth-order valence-corrected chi connectivity index (χ4v) is 3.43. The third-order valence-electron chi connectivity index (χ3n) is 4.65. The van der Waals surface area contributed by atoms with Crippen LogP contribution < -0.4 is 21.4 Å². The summed E-state index contributed by atoms with van der Waals surface area (Å²) in [6.07, 6.45) is 6.00. The predicted molar refractivity (Wildman–Crippen MR) is 105 cm³/mol. The molecule has 1 aliphatic heterocycles. The van der Waals surface area contributed by atoms with Gasteiger partial charge in [-0.25, -0.2) is 0 Å². The van der Waals surface area contributed by atoms with Gasteiger partial charge in [-0.15, -0.1) is 0 Å². The zero-order valence-electron chi connectivity index (χ0n) is 14.3. The summed E-state index contributed by atoms with van der Waals surface area (Å²) in [6.45, 7) is 0. The molecule has 0 saturated heterocycles. The monoisotopic (exact) mass is 356 g/mol. The number of aromatic amines is 4. The van der Waals surface area contributed by atoms with Crippen molar-refractivity contribution >= 4 is 30.8 Å². The van der Waals surface area contributed by atoms with Crippen molar-refractivity contribution in [2.45, 2.75) is 0 Å². The summed E-state index contributed by atoms with van der Waals surface area (Å²) in [5.74, 6) is 0. The molecule has 0 radical (unpaired) electrons. The number of aromatic nitrogens is 4. The van der Waals surface area contributed by atoms with Crippen LogP contribution in [0.5, 0.6) is 0 Å². The molecule has 6 N–H and O–H groups in total. The van der Waals surface area contributed by atoms with Crippen molar-refractivity contribution in [3.63, 3.8) is 0 Å². The van der Waals surface area contributed by atoms with Crippen LogP contribution in [0.2, 0.25) is 0 Å². The van der Waals surface area contributed by atoms with E-state index in [2.05, 4.69) is 26.0 Å². The summed E-state index contributed by atoms with van der Waals surface area (Å²) < 4.78 is 0. The van der Waals surface area contributed by atoms with Gasteiger partial charge >= 0.3 is 7.12 Å². The van der Waals surface area contributed by atoms with E-state index < -0.39 is 7.12 Å². The van der Waals surface area contributed by atoms with E-state index in [1.54, 1.807) is 0 Å². The number of fused-ring (bicyclic) bond motifs is 8. The molecule has 7 heteroatoms. The molecule has 4 aromatic rings. The Hall–Kier alpha value is -3.42. The first-order chi connectivity index (χ1) is 13.1. The lowest BCUT2D eigenvalue weighted by molar-refractivity contribution is 0.426. The van der Waals surface area contributed by atoms with Crippen molar-refractivity contribution in [2.24, 2.45) is 0 Å². The SMILES string of the molecule is OB(O)C1=c2ccc([nH]2)=Cc2ccc([nH]2)C=c2ccc([nH]2)=Cc2ccc1[nH]2. The topological polar surface area (TPSA) is 104 Å². The van der Waals surface area contributed by atoms with Gasteiger partial charge in [0.05, 0.1) is 0 Å². The molecule has 0 spiro atoms. The van der Waals surface area contributed by atoms with Crippen molar-refractivity contribution < 1.29 is 10.0 Å². The van der Waals surface area contributed by atoms with Crippen LogP contribution in [0.15, 0.2) is 48.5 Å². The van der Waals surface area contributed by atoms with Crippen LogP contribution in [0.1, 0.15) is 22.8 Å². The normalized spacial score (nSPS) is 12.9. The highest BCUT2D eigenvalue weighted by Gasteiger charge is 2.19. The predicted octanol–water partition coefficient (Wildman–Crippen LogP) is -0.990. The van der Waals surface area contributed by atoms with Gasteiger partial charge in [-0.3, -0.25) is 0 Å². The summed E-state index contributed by atoms with van der Waals surface area (Å²) >= 11 is 0. The molecule has 0 fully saturated rings. The average Bonchev–Trinajstić information content (AvgIpc) is 3.39. The molecule has 5 heterocycles. The molecular formula is C20H17BN4O2. The highest BCUT2D eigenvalue weighted by Crippen LogP contribution is 2.12. The number of H-pyrrole nitrogens is 4. The van der Waals surface area contributed by atoms with Gasteiger partial charge in [0.25, 0.3) is 0 Å². The Labute approximate surface area is 154 Å². The lowest BCUT2D eigenvalue weighted by atomic mass is 9.77. The van der Waals surface area contributed by atoms with E-state index in [9.17, 15) is 10.0 Å². The van der Waals surface area contributed by atoms with E-state index in [0.717, 1.165) is 33.1 Å². The third-order valence-corrected chi connectivity index (χ3v) is 4.65. The minimum atomic E-state index is -1.61. The van der Waals surface area contributed by atoms with Gasteiger partial charge in [-0.1, -0.05) is 0 Å². The molecule has 5 rings (SSSR count). The van der Waals surface area contributed by atoms with Gasteiger partial charge in [0.2, 0.25) is 0 Å². The molecule has 0 amide bonds.